The van der Waals surface area contributed by atoms with E-state index >= 15 is 0 Å². The first-order valence-electron chi connectivity index (χ1n) is 6.82. The maximum Gasteiger partial charge on any atom is 0.318 e. The molecule has 3 amide bonds. The van der Waals surface area contributed by atoms with Gasteiger partial charge in [0.2, 0.25) is 5.91 Å². The summed E-state index contributed by atoms with van der Waals surface area (Å²) in [6.45, 7) is 2.60. The zero-order valence-corrected chi connectivity index (χ0v) is 10.4. The van der Waals surface area contributed by atoms with Crippen LogP contribution < -0.4 is 16.0 Å². The average molecular weight is 252 g/mol. The van der Waals surface area contributed by atoms with Crippen molar-refractivity contribution in [2.45, 2.75) is 43.8 Å². The van der Waals surface area contributed by atoms with Crippen molar-refractivity contribution in [2.24, 2.45) is 0 Å². The zero-order valence-electron chi connectivity index (χ0n) is 10.4. The van der Waals surface area contributed by atoms with Crippen LogP contribution in [0.15, 0.2) is 0 Å². The first-order chi connectivity index (χ1) is 8.74. The molecule has 0 unspecified atom stereocenters. The number of carbonyl (C=O) groups is 2. The Labute approximate surface area is 106 Å². The summed E-state index contributed by atoms with van der Waals surface area (Å²) in [7, 11) is 0. The van der Waals surface area contributed by atoms with Crippen molar-refractivity contribution in [1.82, 2.24) is 20.9 Å². The third kappa shape index (κ3) is 2.16. The predicted molar refractivity (Wildman–Crippen MR) is 66.1 cm³/mol. The summed E-state index contributed by atoms with van der Waals surface area (Å²) in [5.74, 6) is 0.0254. The fourth-order valence-corrected chi connectivity index (χ4v) is 3.11. The molecule has 6 nitrogen and oxygen atoms in total. The normalized spacial score (nSPS) is 32.2. The summed E-state index contributed by atoms with van der Waals surface area (Å²) < 4.78 is 0. The molecule has 3 N–H and O–H groups in total. The molecule has 3 heterocycles. The number of piperidine rings is 2. The second-order valence-electron chi connectivity index (χ2n) is 5.42. The smallest absolute Gasteiger partial charge is 0.318 e. The first kappa shape index (κ1) is 11.8. The molecular formula is C12H20N4O2. The second kappa shape index (κ2) is 4.76. The number of nitrogens with one attached hydrogen (secondary N) is 3. The Morgan fingerprint density at radius 2 is 2.00 bits per heavy atom. The van der Waals surface area contributed by atoms with Crippen LogP contribution in [0.5, 0.6) is 0 Å². The highest BCUT2D eigenvalue weighted by Gasteiger charge is 2.42. The summed E-state index contributed by atoms with van der Waals surface area (Å²) >= 11 is 0. The molecule has 0 radical (unpaired) electrons. The molecule has 3 fully saturated rings. The van der Waals surface area contributed by atoms with Crippen LogP contribution in [0.2, 0.25) is 0 Å². The van der Waals surface area contributed by atoms with Crippen LogP contribution in [0.25, 0.3) is 0 Å². The van der Waals surface area contributed by atoms with E-state index in [2.05, 4.69) is 16.0 Å². The molecule has 0 aromatic carbocycles. The van der Waals surface area contributed by atoms with Crippen molar-refractivity contribution in [2.75, 3.05) is 19.6 Å². The average Bonchev–Trinajstić information content (AvgIpc) is 2.66. The van der Waals surface area contributed by atoms with Crippen molar-refractivity contribution >= 4 is 11.9 Å². The van der Waals surface area contributed by atoms with Crippen molar-refractivity contribution in [3.05, 3.63) is 0 Å². The van der Waals surface area contributed by atoms with Crippen molar-refractivity contribution in [3.8, 4) is 0 Å². The van der Waals surface area contributed by atoms with Gasteiger partial charge in [-0.3, -0.25) is 4.79 Å². The second-order valence-corrected chi connectivity index (χ2v) is 5.42. The lowest BCUT2D eigenvalue weighted by Gasteiger charge is -2.32. The number of carbonyl (C=O) groups excluding carboxylic acids is 2. The molecular weight excluding hydrogens is 232 g/mol. The van der Waals surface area contributed by atoms with Gasteiger partial charge in [-0.2, -0.15) is 0 Å². The molecule has 0 aromatic rings. The fraction of sp³-hybridized carbons (Fsp3) is 0.833. The number of nitrogens with zero attached hydrogens (tertiary/aromatic N) is 1. The molecule has 3 rings (SSSR count). The molecule has 0 aromatic heterocycles. The summed E-state index contributed by atoms with van der Waals surface area (Å²) in [4.78, 5) is 25.6. The van der Waals surface area contributed by atoms with Crippen LogP contribution in [0.4, 0.5) is 4.79 Å². The summed E-state index contributed by atoms with van der Waals surface area (Å²) in [5, 5.41) is 9.27. The SMILES string of the molecule is O=C(NC1CCNCC1)[C@@H]1CC[C@@H]2CN1C(=O)N2. The number of amides is 3. The van der Waals surface area contributed by atoms with Crippen molar-refractivity contribution in [1.29, 1.82) is 0 Å². The van der Waals surface area contributed by atoms with Gasteiger partial charge in [0.05, 0.1) is 0 Å². The minimum absolute atomic E-state index is 0.0254. The van der Waals surface area contributed by atoms with Gasteiger partial charge in [-0.05, 0) is 38.8 Å². The highest BCUT2D eigenvalue weighted by molar-refractivity contribution is 5.89. The maximum absolute atomic E-state index is 12.2. The highest BCUT2D eigenvalue weighted by atomic mass is 16.2. The Balaban J connectivity index is 1.59. The van der Waals surface area contributed by atoms with Crippen LogP contribution in [-0.2, 0) is 4.79 Å². The molecule has 18 heavy (non-hydrogen) atoms. The van der Waals surface area contributed by atoms with Gasteiger partial charge >= 0.3 is 6.03 Å². The Hall–Kier alpha value is -1.30. The number of fused-ring (bicyclic) bond motifs is 2. The van der Waals surface area contributed by atoms with Gasteiger partial charge < -0.3 is 20.9 Å². The Kier molecular flexibility index (Phi) is 3.11. The van der Waals surface area contributed by atoms with E-state index in [1.54, 1.807) is 4.90 Å². The van der Waals surface area contributed by atoms with E-state index in [4.69, 9.17) is 0 Å². The molecule has 6 heteroatoms. The lowest BCUT2D eigenvalue weighted by molar-refractivity contribution is -0.126. The predicted octanol–water partition coefficient (Wildman–Crippen LogP) is -0.589. The number of hydrogen-bond donors (Lipinski definition) is 3. The largest absolute Gasteiger partial charge is 0.351 e. The van der Waals surface area contributed by atoms with Gasteiger partial charge in [0.1, 0.15) is 6.04 Å². The quantitative estimate of drug-likeness (QED) is 0.615. The van der Waals surface area contributed by atoms with E-state index in [-0.39, 0.29) is 30.1 Å². The van der Waals surface area contributed by atoms with E-state index in [1.807, 2.05) is 0 Å². The van der Waals surface area contributed by atoms with E-state index in [9.17, 15) is 9.59 Å². The van der Waals surface area contributed by atoms with Gasteiger partial charge in [-0.15, -0.1) is 0 Å². The van der Waals surface area contributed by atoms with Crippen LogP contribution in [-0.4, -0.2) is 54.6 Å². The maximum atomic E-state index is 12.2. The number of rotatable bonds is 2. The van der Waals surface area contributed by atoms with Gasteiger partial charge in [0.15, 0.2) is 0 Å². The fourth-order valence-electron chi connectivity index (χ4n) is 3.11. The van der Waals surface area contributed by atoms with E-state index in [1.165, 1.54) is 0 Å². The minimum Gasteiger partial charge on any atom is -0.351 e. The summed E-state index contributed by atoms with van der Waals surface area (Å²) in [6, 6.07) is 0.171. The van der Waals surface area contributed by atoms with E-state index in [0.717, 1.165) is 38.8 Å². The lowest BCUT2D eigenvalue weighted by atomic mass is 9.99. The standard InChI is InChI=1S/C12H20N4O2/c17-11(14-8-3-5-13-6-4-8)10-2-1-9-7-16(10)12(18)15-9/h8-10,13H,1-7H2,(H,14,17)(H,15,18)/t9-,10+/m1/s1. The van der Waals surface area contributed by atoms with Gasteiger partial charge in [0.25, 0.3) is 0 Å². The monoisotopic (exact) mass is 252 g/mol. The van der Waals surface area contributed by atoms with Gasteiger partial charge in [0, 0.05) is 18.6 Å². The summed E-state index contributed by atoms with van der Waals surface area (Å²) in [5.41, 5.74) is 0. The highest BCUT2D eigenvalue weighted by Crippen LogP contribution is 2.23. The zero-order chi connectivity index (χ0) is 12.5. The van der Waals surface area contributed by atoms with Crippen molar-refractivity contribution in [3.63, 3.8) is 0 Å². The van der Waals surface area contributed by atoms with Gasteiger partial charge in [-0.25, -0.2) is 4.79 Å². The molecule has 3 aliphatic heterocycles. The minimum atomic E-state index is -0.265. The van der Waals surface area contributed by atoms with E-state index < -0.39 is 0 Å². The molecule has 0 spiro atoms. The Morgan fingerprint density at radius 1 is 1.22 bits per heavy atom. The molecule has 100 valence electrons. The van der Waals surface area contributed by atoms with Crippen LogP contribution in [0.1, 0.15) is 25.7 Å². The van der Waals surface area contributed by atoms with Crippen molar-refractivity contribution < 1.29 is 9.59 Å². The number of hydrogen-bond acceptors (Lipinski definition) is 3. The molecule has 0 aliphatic carbocycles. The van der Waals surface area contributed by atoms with Crippen LogP contribution >= 0.6 is 0 Å². The van der Waals surface area contributed by atoms with Crippen LogP contribution in [0, 0.1) is 0 Å². The third-order valence-electron chi connectivity index (χ3n) is 4.16. The molecule has 3 aliphatic rings. The molecule has 2 atom stereocenters. The molecule has 2 bridgehead atoms. The first-order valence-corrected chi connectivity index (χ1v) is 6.82. The molecule has 0 saturated carbocycles. The Bertz CT molecular complexity index is 354. The van der Waals surface area contributed by atoms with E-state index in [0.29, 0.717) is 6.54 Å². The van der Waals surface area contributed by atoms with Gasteiger partial charge in [-0.1, -0.05) is 0 Å². The molecule has 3 saturated heterocycles. The topological polar surface area (TPSA) is 73.5 Å². The van der Waals surface area contributed by atoms with Crippen LogP contribution in [0.3, 0.4) is 0 Å². The third-order valence-corrected chi connectivity index (χ3v) is 4.16. The Morgan fingerprint density at radius 3 is 2.78 bits per heavy atom. The summed E-state index contributed by atoms with van der Waals surface area (Å²) in [6.07, 6.45) is 3.65. The number of urea groups is 1. The lowest BCUT2D eigenvalue weighted by Crippen LogP contribution is -2.53.